The SMILES string of the molecule is NC(=O)C[C@H](NC(=O)Nc1cc(Br)ccc1F)C(=O)O. The van der Waals surface area contributed by atoms with E-state index in [9.17, 15) is 18.8 Å². The van der Waals surface area contributed by atoms with E-state index in [1.165, 1.54) is 12.1 Å². The fourth-order valence-corrected chi connectivity index (χ4v) is 1.67. The molecule has 20 heavy (non-hydrogen) atoms. The van der Waals surface area contributed by atoms with Crippen LogP contribution in [0, 0.1) is 5.82 Å². The number of carbonyl (C=O) groups is 3. The number of carboxylic acid groups (broad SMARTS) is 1. The minimum atomic E-state index is -1.48. The number of hydrogen-bond acceptors (Lipinski definition) is 3. The van der Waals surface area contributed by atoms with E-state index in [0.717, 1.165) is 6.07 Å². The van der Waals surface area contributed by atoms with Crippen molar-refractivity contribution in [2.45, 2.75) is 12.5 Å². The maximum Gasteiger partial charge on any atom is 0.326 e. The van der Waals surface area contributed by atoms with E-state index >= 15 is 0 Å². The lowest BCUT2D eigenvalue weighted by molar-refractivity contribution is -0.140. The molecule has 0 spiro atoms. The molecule has 0 bridgehead atoms. The second-order valence-corrected chi connectivity index (χ2v) is 4.70. The van der Waals surface area contributed by atoms with Crippen molar-refractivity contribution in [1.29, 1.82) is 0 Å². The van der Waals surface area contributed by atoms with Crippen LogP contribution in [0.3, 0.4) is 0 Å². The Bertz CT molecular complexity index is 552. The first-order chi connectivity index (χ1) is 9.29. The number of aliphatic carboxylic acids is 1. The number of urea groups is 1. The van der Waals surface area contributed by atoms with Crippen LogP contribution in [0.2, 0.25) is 0 Å². The van der Waals surface area contributed by atoms with Crippen LogP contribution in [0.25, 0.3) is 0 Å². The van der Waals surface area contributed by atoms with Gasteiger partial charge in [0.2, 0.25) is 5.91 Å². The molecule has 0 aliphatic heterocycles. The van der Waals surface area contributed by atoms with Gasteiger partial charge in [0, 0.05) is 4.47 Å². The van der Waals surface area contributed by atoms with Gasteiger partial charge in [0.25, 0.3) is 0 Å². The Morgan fingerprint density at radius 2 is 2.05 bits per heavy atom. The molecular weight excluding hydrogens is 337 g/mol. The molecule has 7 nitrogen and oxygen atoms in total. The quantitative estimate of drug-likeness (QED) is 0.635. The summed E-state index contributed by atoms with van der Waals surface area (Å²) in [7, 11) is 0. The Morgan fingerprint density at radius 1 is 1.40 bits per heavy atom. The Hall–Kier alpha value is -2.16. The van der Waals surface area contributed by atoms with Gasteiger partial charge >= 0.3 is 12.0 Å². The molecule has 1 aromatic carbocycles. The highest BCUT2D eigenvalue weighted by Crippen LogP contribution is 2.19. The highest BCUT2D eigenvalue weighted by molar-refractivity contribution is 9.10. The third-order valence-corrected chi connectivity index (χ3v) is 2.68. The predicted molar refractivity (Wildman–Crippen MR) is 71.5 cm³/mol. The molecule has 0 radical (unpaired) electrons. The summed E-state index contributed by atoms with van der Waals surface area (Å²) >= 11 is 3.10. The lowest BCUT2D eigenvalue weighted by atomic mass is 10.2. The molecule has 0 aliphatic carbocycles. The summed E-state index contributed by atoms with van der Waals surface area (Å²) in [4.78, 5) is 33.0. The van der Waals surface area contributed by atoms with E-state index in [0.29, 0.717) is 4.47 Å². The standard InChI is InChI=1S/C11H11BrFN3O4/c12-5-1-2-6(13)7(3-5)15-11(20)16-8(10(18)19)4-9(14)17/h1-3,8H,4H2,(H2,14,17)(H,18,19)(H2,15,16,20)/t8-/m0/s1. The van der Waals surface area contributed by atoms with Crippen molar-refractivity contribution in [3.05, 3.63) is 28.5 Å². The molecule has 108 valence electrons. The number of benzene rings is 1. The number of hydrogen-bond donors (Lipinski definition) is 4. The number of halogens is 2. The molecule has 3 amide bonds. The molecule has 0 saturated heterocycles. The smallest absolute Gasteiger partial charge is 0.326 e. The van der Waals surface area contributed by atoms with Crippen molar-refractivity contribution in [3.63, 3.8) is 0 Å². The van der Waals surface area contributed by atoms with Gasteiger partial charge in [-0.1, -0.05) is 15.9 Å². The van der Waals surface area contributed by atoms with Crippen LogP contribution >= 0.6 is 15.9 Å². The first kappa shape index (κ1) is 15.9. The van der Waals surface area contributed by atoms with E-state index in [1.807, 2.05) is 5.32 Å². The molecule has 1 aromatic rings. The highest BCUT2D eigenvalue weighted by Gasteiger charge is 2.22. The van der Waals surface area contributed by atoms with Gasteiger partial charge in [-0.25, -0.2) is 14.0 Å². The Balaban J connectivity index is 2.72. The van der Waals surface area contributed by atoms with Gasteiger partial charge in [0.05, 0.1) is 12.1 Å². The van der Waals surface area contributed by atoms with Crippen molar-refractivity contribution in [2.24, 2.45) is 5.73 Å². The zero-order valence-electron chi connectivity index (χ0n) is 10.0. The molecule has 1 rings (SSSR count). The lowest BCUT2D eigenvalue weighted by Gasteiger charge is -2.14. The van der Waals surface area contributed by atoms with Gasteiger partial charge in [-0.05, 0) is 18.2 Å². The fraction of sp³-hybridized carbons (Fsp3) is 0.182. The molecule has 0 aromatic heterocycles. The van der Waals surface area contributed by atoms with Crippen LogP contribution in [-0.4, -0.2) is 29.1 Å². The summed E-state index contributed by atoms with van der Waals surface area (Å²) in [6, 6.07) is 1.42. The van der Waals surface area contributed by atoms with Crippen molar-refractivity contribution >= 4 is 39.5 Å². The third-order valence-electron chi connectivity index (χ3n) is 2.19. The van der Waals surface area contributed by atoms with Gasteiger partial charge in [-0.15, -0.1) is 0 Å². The van der Waals surface area contributed by atoms with Crippen LogP contribution in [0.4, 0.5) is 14.9 Å². The predicted octanol–water partition coefficient (Wildman–Crippen LogP) is 1.04. The molecule has 0 fully saturated rings. The molecule has 9 heteroatoms. The number of rotatable bonds is 5. The van der Waals surface area contributed by atoms with Gasteiger partial charge in [0.15, 0.2) is 0 Å². The van der Waals surface area contributed by atoms with Crippen LogP contribution in [0.1, 0.15) is 6.42 Å². The van der Waals surface area contributed by atoms with E-state index in [4.69, 9.17) is 10.8 Å². The van der Waals surface area contributed by atoms with E-state index < -0.39 is 36.2 Å². The van der Waals surface area contributed by atoms with Crippen molar-refractivity contribution in [3.8, 4) is 0 Å². The first-order valence-corrected chi connectivity index (χ1v) is 6.12. The topological polar surface area (TPSA) is 122 Å². The number of amides is 3. The number of primary amides is 1. The monoisotopic (exact) mass is 347 g/mol. The molecular formula is C11H11BrFN3O4. The summed E-state index contributed by atoms with van der Waals surface area (Å²) < 4.78 is 13.9. The van der Waals surface area contributed by atoms with Gasteiger partial charge in [-0.3, -0.25) is 4.79 Å². The second-order valence-electron chi connectivity index (χ2n) is 3.78. The molecule has 0 saturated carbocycles. The minimum absolute atomic E-state index is 0.139. The molecule has 0 heterocycles. The van der Waals surface area contributed by atoms with Crippen LogP contribution in [0.5, 0.6) is 0 Å². The molecule has 5 N–H and O–H groups in total. The zero-order chi connectivity index (χ0) is 15.3. The molecule has 0 unspecified atom stereocenters. The van der Waals surface area contributed by atoms with E-state index in [1.54, 1.807) is 0 Å². The van der Waals surface area contributed by atoms with Crippen molar-refractivity contribution < 1.29 is 23.9 Å². The summed E-state index contributed by atoms with van der Waals surface area (Å²) in [5.41, 5.74) is 4.72. The lowest BCUT2D eigenvalue weighted by Crippen LogP contribution is -2.45. The first-order valence-electron chi connectivity index (χ1n) is 5.33. The zero-order valence-corrected chi connectivity index (χ0v) is 11.6. The molecule has 0 aliphatic rings. The average Bonchev–Trinajstić information content (AvgIpc) is 2.32. The van der Waals surface area contributed by atoms with Crippen molar-refractivity contribution in [1.82, 2.24) is 5.32 Å². The maximum atomic E-state index is 13.4. The summed E-state index contributed by atoms with van der Waals surface area (Å²) in [5.74, 6) is -3.00. The fourth-order valence-electron chi connectivity index (χ4n) is 1.31. The van der Waals surface area contributed by atoms with Gasteiger partial charge < -0.3 is 21.5 Å². The Labute approximate surface area is 121 Å². The molecule has 1 atom stereocenters. The second kappa shape index (κ2) is 6.85. The van der Waals surface area contributed by atoms with Gasteiger partial charge in [0.1, 0.15) is 11.9 Å². The number of nitrogens with one attached hydrogen (secondary N) is 2. The highest BCUT2D eigenvalue weighted by atomic mass is 79.9. The van der Waals surface area contributed by atoms with Crippen molar-refractivity contribution in [2.75, 3.05) is 5.32 Å². The number of carbonyl (C=O) groups excluding carboxylic acids is 2. The van der Waals surface area contributed by atoms with Crippen LogP contribution < -0.4 is 16.4 Å². The number of anilines is 1. The summed E-state index contributed by atoms with van der Waals surface area (Å²) in [6.45, 7) is 0. The Morgan fingerprint density at radius 3 is 2.60 bits per heavy atom. The normalized spacial score (nSPS) is 11.5. The third kappa shape index (κ3) is 4.84. The maximum absolute atomic E-state index is 13.4. The van der Waals surface area contributed by atoms with Crippen LogP contribution in [0.15, 0.2) is 22.7 Å². The average molecular weight is 348 g/mol. The van der Waals surface area contributed by atoms with Crippen LogP contribution in [-0.2, 0) is 9.59 Å². The Kier molecular flexibility index (Phi) is 5.44. The van der Waals surface area contributed by atoms with E-state index in [-0.39, 0.29) is 5.69 Å². The summed E-state index contributed by atoms with van der Waals surface area (Å²) in [5, 5.41) is 13.0. The van der Waals surface area contributed by atoms with E-state index in [2.05, 4.69) is 21.2 Å². The number of nitrogens with two attached hydrogens (primary N) is 1. The van der Waals surface area contributed by atoms with Gasteiger partial charge in [-0.2, -0.15) is 0 Å². The minimum Gasteiger partial charge on any atom is -0.480 e. The number of carboxylic acids is 1. The summed E-state index contributed by atoms with van der Waals surface area (Å²) in [6.07, 6.45) is -0.566. The largest absolute Gasteiger partial charge is 0.480 e.